The molecule has 208 valence electrons. The number of carbonyl (C=O) groups excluding carboxylic acids is 1. The van der Waals surface area contributed by atoms with Crippen molar-refractivity contribution in [3.63, 3.8) is 0 Å². The van der Waals surface area contributed by atoms with E-state index in [1.54, 1.807) is 43.3 Å². The molecule has 0 radical (unpaired) electrons. The number of aromatic nitrogens is 2. The SMILES string of the molecule is CCOC(=O)[C@@H](C)Oc1c(C=Nn2c(-c3cc4cc(Br)ccc4o3)nc3ccccc3c2=O)cc(Cl)cc1[N+](=O)[O-]. The van der Waals surface area contributed by atoms with E-state index in [4.69, 9.17) is 25.5 Å². The van der Waals surface area contributed by atoms with E-state index in [1.807, 2.05) is 12.1 Å². The van der Waals surface area contributed by atoms with Crippen LogP contribution in [0, 0.1) is 10.1 Å². The standard InChI is InChI=1S/C28H20BrClN4O7/c1-3-39-28(36)15(2)40-25-17(11-19(30)13-22(25)34(37)38)14-31-33-26(32-21-7-5-4-6-20(21)27(33)35)24-12-16-10-18(29)8-9-23(16)41-24/h4-15H,3H2,1-2H3/t15-/m1/s1. The third-order valence-corrected chi connectivity index (χ3v) is 6.65. The van der Waals surface area contributed by atoms with Crippen LogP contribution in [0.15, 0.2) is 79.4 Å². The second kappa shape index (κ2) is 11.5. The monoisotopic (exact) mass is 638 g/mol. The Kier molecular flexibility index (Phi) is 7.86. The summed E-state index contributed by atoms with van der Waals surface area (Å²) in [5.41, 5.74) is 0.0194. The molecule has 0 amide bonds. The van der Waals surface area contributed by atoms with Crippen molar-refractivity contribution in [1.29, 1.82) is 0 Å². The van der Waals surface area contributed by atoms with Gasteiger partial charge in [0.2, 0.25) is 11.6 Å². The minimum atomic E-state index is -1.18. The lowest BCUT2D eigenvalue weighted by Gasteiger charge is -2.15. The van der Waals surface area contributed by atoms with Crippen LogP contribution in [0.2, 0.25) is 5.02 Å². The van der Waals surface area contributed by atoms with Crippen LogP contribution in [0.4, 0.5) is 5.69 Å². The summed E-state index contributed by atoms with van der Waals surface area (Å²) in [6.07, 6.45) is -0.00960. The van der Waals surface area contributed by atoms with Crippen molar-refractivity contribution in [3.05, 3.63) is 96.2 Å². The lowest BCUT2D eigenvalue weighted by atomic mass is 10.2. The molecular formula is C28H20BrClN4O7. The number of rotatable bonds is 8. The lowest BCUT2D eigenvalue weighted by Crippen LogP contribution is -2.27. The smallest absolute Gasteiger partial charge is 0.347 e. The van der Waals surface area contributed by atoms with Gasteiger partial charge >= 0.3 is 11.7 Å². The number of esters is 1. The first-order valence-corrected chi connectivity index (χ1v) is 13.4. The first-order valence-electron chi connectivity index (χ1n) is 12.2. The van der Waals surface area contributed by atoms with Gasteiger partial charge in [-0.05, 0) is 56.3 Å². The maximum atomic E-state index is 13.6. The van der Waals surface area contributed by atoms with Gasteiger partial charge in [-0.3, -0.25) is 14.9 Å². The Bertz CT molecular complexity index is 1920. The lowest BCUT2D eigenvalue weighted by molar-refractivity contribution is -0.386. The Hall–Kier alpha value is -4.55. The highest BCUT2D eigenvalue weighted by molar-refractivity contribution is 9.10. The number of nitro groups is 1. The summed E-state index contributed by atoms with van der Waals surface area (Å²) in [7, 11) is 0. The first kappa shape index (κ1) is 28.0. The summed E-state index contributed by atoms with van der Waals surface area (Å²) >= 11 is 9.61. The number of halogens is 2. The third kappa shape index (κ3) is 5.70. The third-order valence-electron chi connectivity index (χ3n) is 5.94. The van der Waals surface area contributed by atoms with Gasteiger partial charge in [0.25, 0.3) is 5.56 Å². The van der Waals surface area contributed by atoms with Crippen LogP contribution in [0.3, 0.4) is 0 Å². The molecule has 2 heterocycles. The van der Waals surface area contributed by atoms with E-state index in [-0.39, 0.29) is 39.9 Å². The minimum Gasteiger partial charge on any atom is -0.471 e. The van der Waals surface area contributed by atoms with Crippen molar-refractivity contribution in [2.75, 3.05) is 6.61 Å². The number of nitro benzene ring substituents is 1. The van der Waals surface area contributed by atoms with E-state index < -0.39 is 28.2 Å². The highest BCUT2D eigenvalue weighted by atomic mass is 79.9. The average Bonchev–Trinajstić information content (AvgIpc) is 3.36. The fraction of sp³-hybridized carbons (Fsp3) is 0.143. The van der Waals surface area contributed by atoms with Gasteiger partial charge in [0.1, 0.15) is 5.58 Å². The molecule has 41 heavy (non-hydrogen) atoms. The molecular weight excluding hydrogens is 620 g/mol. The van der Waals surface area contributed by atoms with E-state index in [0.29, 0.717) is 11.1 Å². The van der Waals surface area contributed by atoms with Crippen molar-refractivity contribution in [2.45, 2.75) is 20.0 Å². The zero-order valence-electron chi connectivity index (χ0n) is 21.5. The van der Waals surface area contributed by atoms with Crippen molar-refractivity contribution < 1.29 is 23.6 Å². The number of fused-ring (bicyclic) bond motifs is 2. The number of carbonyl (C=O) groups is 1. The molecule has 5 rings (SSSR count). The highest BCUT2D eigenvalue weighted by Crippen LogP contribution is 2.35. The molecule has 0 bridgehead atoms. The summed E-state index contributed by atoms with van der Waals surface area (Å²) < 4.78 is 18.5. The molecule has 5 aromatic rings. The maximum Gasteiger partial charge on any atom is 0.347 e. The minimum absolute atomic E-state index is 0.0151. The van der Waals surface area contributed by atoms with Crippen LogP contribution in [0.5, 0.6) is 5.75 Å². The summed E-state index contributed by atoms with van der Waals surface area (Å²) in [4.78, 5) is 41.6. The molecule has 2 aromatic heterocycles. The summed E-state index contributed by atoms with van der Waals surface area (Å²) in [6, 6.07) is 16.4. The van der Waals surface area contributed by atoms with E-state index in [1.165, 1.54) is 19.2 Å². The molecule has 0 aliphatic heterocycles. The Morgan fingerprint density at radius 1 is 1.24 bits per heavy atom. The van der Waals surface area contributed by atoms with Crippen LogP contribution in [-0.2, 0) is 9.53 Å². The van der Waals surface area contributed by atoms with Gasteiger partial charge < -0.3 is 13.9 Å². The second-order valence-corrected chi connectivity index (χ2v) is 10.1. The second-order valence-electron chi connectivity index (χ2n) is 8.72. The number of furan rings is 1. The summed E-state index contributed by atoms with van der Waals surface area (Å²) in [6.45, 7) is 3.12. The highest BCUT2D eigenvalue weighted by Gasteiger charge is 2.26. The number of para-hydroxylation sites is 1. The molecule has 0 saturated heterocycles. The van der Waals surface area contributed by atoms with Gasteiger partial charge in [0, 0.05) is 26.5 Å². The molecule has 1 atom stereocenters. The zero-order valence-corrected chi connectivity index (χ0v) is 23.9. The Morgan fingerprint density at radius 3 is 2.78 bits per heavy atom. The van der Waals surface area contributed by atoms with E-state index >= 15 is 0 Å². The predicted molar refractivity (Wildman–Crippen MR) is 157 cm³/mol. The molecule has 0 fully saturated rings. The Labute approximate surface area is 245 Å². The molecule has 0 saturated carbocycles. The Balaban J connectivity index is 1.69. The number of benzene rings is 3. The van der Waals surface area contributed by atoms with Gasteiger partial charge in [-0.25, -0.2) is 9.78 Å². The number of hydrogen-bond acceptors (Lipinski definition) is 9. The van der Waals surface area contributed by atoms with E-state index in [2.05, 4.69) is 26.0 Å². The molecule has 0 unspecified atom stereocenters. The maximum absolute atomic E-state index is 13.6. The fourth-order valence-electron chi connectivity index (χ4n) is 4.08. The van der Waals surface area contributed by atoms with Crippen molar-refractivity contribution in [1.82, 2.24) is 9.66 Å². The van der Waals surface area contributed by atoms with E-state index in [9.17, 15) is 19.7 Å². The molecule has 13 heteroatoms. The van der Waals surface area contributed by atoms with Crippen molar-refractivity contribution in [3.8, 4) is 17.3 Å². The normalized spacial score (nSPS) is 12.2. The van der Waals surface area contributed by atoms with Gasteiger partial charge in [0.15, 0.2) is 11.9 Å². The van der Waals surface area contributed by atoms with Crippen LogP contribution >= 0.6 is 27.5 Å². The van der Waals surface area contributed by atoms with Gasteiger partial charge in [-0.2, -0.15) is 9.78 Å². The average molecular weight is 640 g/mol. The fourth-order valence-corrected chi connectivity index (χ4v) is 4.68. The largest absolute Gasteiger partial charge is 0.471 e. The summed E-state index contributed by atoms with van der Waals surface area (Å²) in [5.74, 6) is -0.632. The van der Waals surface area contributed by atoms with Crippen LogP contribution in [0.25, 0.3) is 33.5 Å². The zero-order chi connectivity index (χ0) is 29.3. The molecule has 0 aliphatic rings. The van der Waals surface area contributed by atoms with Gasteiger partial charge in [0.05, 0.1) is 28.6 Å². The first-order chi connectivity index (χ1) is 19.7. The van der Waals surface area contributed by atoms with E-state index in [0.717, 1.165) is 20.6 Å². The number of nitrogens with zero attached hydrogens (tertiary/aromatic N) is 4. The van der Waals surface area contributed by atoms with Crippen LogP contribution in [0.1, 0.15) is 19.4 Å². The predicted octanol–water partition coefficient (Wildman–Crippen LogP) is 6.35. The van der Waals surface area contributed by atoms with Gasteiger partial charge in [-0.15, -0.1) is 0 Å². The molecule has 0 aliphatic carbocycles. The van der Waals surface area contributed by atoms with Gasteiger partial charge in [-0.1, -0.05) is 39.7 Å². The number of hydrogen-bond donors (Lipinski definition) is 0. The molecule has 3 aromatic carbocycles. The quantitative estimate of drug-likeness (QED) is 0.0829. The van der Waals surface area contributed by atoms with Crippen molar-refractivity contribution >= 4 is 67.3 Å². The van der Waals surface area contributed by atoms with Crippen molar-refractivity contribution in [2.24, 2.45) is 5.10 Å². The Morgan fingerprint density at radius 2 is 2.02 bits per heavy atom. The summed E-state index contributed by atoms with van der Waals surface area (Å²) in [5, 5.41) is 17.3. The number of ether oxygens (including phenoxy) is 2. The molecule has 11 nitrogen and oxygen atoms in total. The van der Waals surface area contributed by atoms with Crippen LogP contribution < -0.4 is 10.3 Å². The molecule has 0 N–H and O–H groups in total. The van der Waals surface area contributed by atoms with Crippen LogP contribution in [-0.4, -0.2) is 39.5 Å². The molecule has 0 spiro atoms. The topological polar surface area (TPSA) is 139 Å².